The lowest BCUT2D eigenvalue weighted by Gasteiger charge is -2.27. The van der Waals surface area contributed by atoms with Crippen LogP contribution in [0.3, 0.4) is 0 Å². The van der Waals surface area contributed by atoms with E-state index in [1.165, 1.54) is 83.5 Å². The normalized spacial score (nSPS) is 21.7. The zero-order valence-electron chi connectivity index (χ0n) is 33.4. The number of hydrogen-bond donors (Lipinski definition) is 6. The van der Waals surface area contributed by atoms with Crippen LogP contribution in [0.4, 0.5) is 0 Å². The van der Waals surface area contributed by atoms with E-state index in [0.717, 1.165) is 12.8 Å². The van der Waals surface area contributed by atoms with Gasteiger partial charge >= 0.3 is 0 Å². The standard InChI is InChI=1S/C40H79N3O10/c1-3-47-28-39(52-24-35(44)20-41-32-14-8-5-9-15-32)30-49-23-37(46)26-51-38(22-43-34-18-12-7-13-19-34)27-50-31-40(29-48-4-2)53-25-36(45)21-42-33-16-10-6-11-17-33/h32-46H,3-31H2,1-2H3. The molecule has 6 N–H and O–H groups in total. The van der Waals surface area contributed by atoms with Gasteiger partial charge in [0.2, 0.25) is 0 Å². The Balaban J connectivity index is 1.38. The van der Waals surface area contributed by atoms with Crippen LogP contribution in [0.2, 0.25) is 0 Å². The van der Waals surface area contributed by atoms with Crippen LogP contribution in [-0.4, -0.2) is 162 Å². The molecule has 0 aromatic heterocycles. The molecule has 3 fully saturated rings. The van der Waals surface area contributed by atoms with Crippen molar-refractivity contribution in [3.8, 4) is 0 Å². The van der Waals surface area contributed by atoms with E-state index in [2.05, 4.69) is 16.0 Å². The Hall–Kier alpha value is -0.520. The minimum absolute atomic E-state index is 0.0869. The summed E-state index contributed by atoms with van der Waals surface area (Å²) in [6.07, 6.45) is 15.4. The van der Waals surface area contributed by atoms with Crippen LogP contribution < -0.4 is 16.0 Å². The fourth-order valence-electron chi connectivity index (χ4n) is 7.35. The van der Waals surface area contributed by atoms with Crippen LogP contribution in [0.15, 0.2) is 0 Å². The zero-order chi connectivity index (χ0) is 37.8. The highest BCUT2D eigenvalue weighted by molar-refractivity contribution is 4.77. The molecule has 3 aliphatic carbocycles. The molecule has 6 unspecified atom stereocenters. The number of nitrogens with one attached hydrogen (secondary N) is 3. The molecule has 0 aromatic carbocycles. The van der Waals surface area contributed by atoms with Gasteiger partial charge in [0, 0.05) is 51.0 Å². The number of ether oxygens (including phenoxy) is 7. The number of hydrogen-bond acceptors (Lipinski definition) is 13. The van der Waals surface area contributed by atoms with Gasteiger partial charge in [-0.25, -0.2) is 0 Å². The van der Waals surface area contributed by atoms with Gasteiger partial charge in [-0.15, -0.1) is 0 Å². The molecule has 0 aromatic rings. The summed E-state index contributed by atoms with van der Waals surface area (Å²) < 4.78 is 41.4. The van der Waals surface area contributed by atoms with Crippen LogP contribution >= 0.6 is 0 Å². The Bertz CT molecular complexity index is 833. The van der Waals surface area contributed by atoms with Crippen molar-refractivity contribution in [2.45, 2.75) is 165 Å². The molecule has 3 saturated carbocycles. The monoisotopic (exact) mass is 762 g/mol. The predicted molar refractivity (Wildman–Crippen MR) is 206 cm³/mol. The first-order valence-electron chi connectivity index (χ1n) is 21.3. The molecule has 0 aliphatic heterocycles. The molecule has 6 atom stereocenters. The fraction of sp³-hybridized carbons (Fsp3) is 1.00. The topological polar surface area (TPSA) is 161 Å². The summed E-state index contributed by atoms with van der Waals surface area (Å²) in [6.45, 7) is 8.83. The SMILES string of the molecule is CCOCC(COCC(O)COC(CNC1CCCCC1)COCC(COCC)OCC(O)CNC1CCCCC1)OCC(O)CNC1CCCCC1. The Morgan fingerprint density at radius 2 is 0.736 bits per heavy atom. The molecule has 3 aliphatic rings. The number of aliphatic hydroxyl groups excluding tert-OH is 3. The molecular weight excluding hydrogens is 682 g/mol. The highest BCUT2D eigenvalue weighted by Gasteiger charge is 2.22. The summed E-state index contributed by atoms with van der Waals surface area (Å²) in [5.41, 5.74) is 0. The van der Waals surface area contributed by atoms with Crippen molar-refractivity contribution in [3.05, 3.63) is 0 Å². The van der Waals surface area contributed by atoms with Crippen molar-refractivity contribution in [2.24, 2.45) is 0 Å². The van der Waals surface area contributed by atoms with Gasteiger partial charge in [-0.1, -0.05) is 57.8 Å². The molecule has 314 valence electrons. The van der Waals surface area contributed by atoms with Gasteiger partial charge in [0.25, 0.3) is 0 Å². The lowest BCUT2D eigenvalue weighted by Crippen LogP contribution is -2.42. The van der Waals surface area contributed by atoms with Crippen molar-refractivity contribution < 1.29 is 48.5 Å². The summed E-state index contributed by atoms with van der Waals surface area (Å²) in [7, 11) is 0. The largest absolute Gasteiger partial charge is 0.389 e. The van der Waals surface area contributed by atoms with E-state index in [1.54, 1.807) is 0 Å². The third kappa shape index (κ3) is 23.3. The van der Waals surface area contributed by atoms with Gasteiger partial charge < -0.3 is 64.4 Å². The van der Waals surface area contributed by atoms with Crippen LogP contribution in [0, 0.1) is 0 Å². The summed E-state index contributed by atoms with van der Waals surface area (Å²) >= 11 is 0. The second-order valence-electron chi connectivity index (χ2n) is 15.5. The highest BCUT2D eigenvalue weighted by atomic mass is 16.6. The van der Waals surface area contributed by atoms with Crippen LogP contribution in [0.25, 0.3) is 0 Å². The highest BCUT2D eigenvalue weighted by Crippen LogP contribution is 2.19. The first-order valence-corrected chi connectivity index (χ1v) is 21.3. The molecule has 13 nitrogen and oxygen atoms in total. The molecular formula is C40H79N3O10. The second-order valence-corrected chi connectivity index (χ2v) is 15.5. The van der Waals surface area contributed by atoms with Crippen molar-refractivity contribution in [1.29, 1.82) is 0 Å². The second kappa shape index (κ2) is 30.6. The number of aliphatic hydroxyl groups is 3. The fourth-order valence-corrected chi connectivity index (χ4v) is 7.35. The average Bonchev–Trinajstić information content (AvgIpc) is 3.19. The van der Waals surface area contributed by atoms with E-state index < -0.39 is 18.3 Å². The molecule has 0 spiro atoms. The summed E-state index contributed by atoms with van der Waals surface area (Å²) in [6, 6.07) is 1.43. The molecule has 0 bridgehead atoms. The third-order valence-corrected chi connectivity index (χ3v) is 10.5. The smallest absolute Gasteiger partial charge is 0.104 e. The average molecular weight is 762 g/mol. The minimum atomic E-state index is -0.831. The van der Waals surface area contributed by atoms with E-state index in [9.17, 15) is 15.3 Å². The molecule has 3 rings (SSSR count). The maximum atomic E-state index is 10.8. The van der Waals surface area contributed by atoms with Crippen LogP contribution in [0.5, 0.6) is 0 Å². The van der Waals surface area contributed by atoms with Gasteiger partial charge in [0.05, 0.1) is 77.8 Å². The summed E-state index contributed by atoms with van der Waals surface area (Å²) in [4.78, 5) is 0. The maximum absolute atomic E-state index is 10.8. The molecule has 0 radical (unpaired) electrons. The van der Waals surface area contributed by atoms with E-state index >= 15 is 0 Å². The number of rotatable bonds is 32. The van der Waals surface area contributed by atoms with E-state index in [-0.39, 0.29) is 51.3 Å². The minimum Gasteiger partial charge on any atom is -0.389 e. The van der Waals surface area contributed by atoms with Gasteiger partial charge in [-0.3, -0.25) is 0 Å². The van der Waals surface area contributed by atoms with Crippen molar-refractivity contribution in [1.82, 2.24) is 16.0 Å². The summed E-state index contributed by atoms with van der Waals surface area (Å²) in [5.74, 6) is 0. The molecule has 53 heavy (non-hydrogen) atoms. The first-order chi connectivity index (χ1) is 25.9. The van der Waals surface area contributed by atoms with E-state index in [0.29, 0.717) is 77.4 Å². The Labute approximate surface area is 321 Å². The van der Waals surface area contributed by atoms with Gasteiger partial charge in [0.1, 0.15) is 18.3 Å². The van der Waals surface area contributed by atoms with Crippen LogP contribution in [-0.2, 0) is 33.2 Å². The lowest BCUT2D eigenvalue weighted by molar-refractivity contribution is -0.110. The third-order valence-electron chi connectivity index (χ3n) is 10.5. The quantitative estimate of drug-likeness (QED) is 0.0594. The predicted octanol–water partition coefficient (Wildman–Crippen LogP) is 3.10. The van der Waals surface area contributed by atoms with Crippen molar-refractivity contribution in [3.63, 3.8) is 0 Å². The first kappa shape index (κ1) is 46.9. The molecule has 0 saturated heterocycles. The Morgan fingerprint density at radius 1 is 0.396 bits per heavy atom. The molecule has 0 heterocycles. The Morgan fingerprint density at radius 3 is 1.17 bits per heavy atom. The molecule has 13 heteroatoms. The Kier molecular flexibility index (Phi) is 27.1. The maximum Gasteiger partial charge on any atom is 0.104 e. The summed E-state index contributed by atoms with van der Waals surface area (Å²) in [5, 5.41) is 42.5. The van der Waals surface area contributed by atoms with Crippen LogP contribution in [0.1, 0.15) is 110 Å². The van der Waals surface area contributed by atoms with Crippen molar-refractivity contribution >= 4 is 0 Å². The zero-order valence-corrected chi connectivity index (χ0v) is 33.4. The van der Waals surface area contributed by atoms with Gasteiger partial charge in [-0.05, 0) is 52.4 Å². The van der Waals surface area contributed by atoms with E-state index in [1.807, 2.05) is 13.8 Å². The van der Waals surface area contributed by atoms with Crippen molar-refractivity contribution in [2.75, 3.05) is 92.3 Å². The van der Waals surface area contributed by atoms with Gasteiger partial charge in [0.15, 0.2) is 0 Å². The van der Waals surface area contributed by atoms with Gasteiger partial charge in [-0.2, -0.15) is 0 Å². The lowest BCUT2D eigenvalue weighted by atomic mass is 9.95. The van der Waals surface area contributed by atoms with E-state index in [4.69, 9.17) is 33.2 Å². The molecule has 0 amide bonds.